The van der Waals surface area contributed by atoms with Crippen LogP contribution in [0.1, 0.15) is 5.56 Å². The van der Waals surface area contributed by atoms with E-state index in [-0.39, 0.29) is 34.7 Å². The molecule has 1 N–H and O–H groups in total. The molecule has 0 aliphatic carbocycles. The number of hydrogen-bond acceptors (Lipinski definition) is 3. The van der Waals surface area contributed by atoms with Gasteiger partial charge < -0.3 is 14.5 Å². The summed E-state index contributed by atoms with van der Waals surface area (Å²) in [6.45, 7) is -0.0302. The molecule has 0 atom stereocenters. The number of halogens is 3. The van der Waals surface area contributed by atoms with Crippen LogP contribution < -0.4 is 14.9 Å². The smallest absolute Gasteiger partial charge is 0.422 e. The van der Waals surface area contributed by atoms with Gasteiger partial charge in [-0.15, -0.1) is 0 Å². The quantitative estimate of drug-likeness (QED) is 0.734. The predicted octanol–water partition coefficient (Wildman–Crippen LogP) is 3.94. The number of H-pyrrole nitrogens is 1. The van der Waals surface area contributed by atoms with Gasteiger partial charge in [0.05, 0.1) is 16.6 Å². The van der Waals surface area contributed by atoms with E-state index in [4.69, 9.17) is 9.47 Å². The molecular weight excluding hydrogens is 323 g/mol. The van der Waals surface area contributed by atoms with Gasteiger partial charge in [0.1, 0.15) is 5.56 Å². The Morgan fingerprint density at radius 2 is 1.67 bits per heavy atom. The van der Waals surface area contributed by atoms with Crippen molar-refractivity contribution in [1.82, 2.24) is 4.98 Å². The van der Waals surface area contributed by atoms with Crippen LogP contribution in [-0.4, -0.2) is 11.8 Å². The lowest BCUT2D eigenvalue weighted by Crippen LogP contribution is -2.22. The Hall–Kier alpha value is -2.96. The van der Waals surface area contributed by atoms with Gasteiger partial charge in [0.15, 0.2) is 11.5 Å². The standard InChI is InChI=1S/C17H10F3NO3/c18-17(19,20)14-15(9-4-2-1-3-5-9)21-11-7-13-12(23-8-24-13)6-10(11)16(14)22/h1-7H,8H2,(H,21,22). The van der Waals surface area contributed by atoms with Crippen LogP contribution in [0.15, 0.2) is 47.3 Å². The van der Waals surface area contributed by atoms with Crippen molar-refractivity contribution in [2.45, 2.75) is 6.18 Å². The Morgan fingerprint density at radius 1 is 1.00 bits per heavy atom. The molecule has 0 radical (unpaired) electrons. The zero-order valence-electron chi connectivity index (χ0n) is 12.1. The monoisotopic (exact) mass is 333 g/mol. The largest absolute Gasteiger partial charge is 0.454 e. The Kier molecular flexibility index (Phi) is 3.06. The van der Waals surface area contributed by atoms with Crippen LogP contribution in [0, 0.1) is 0 Å². The second-order valence-electron chi connectivity index (χ2n) is 5.32. The lowest BCUT2D eigenvalue weighted by molar-refractivity contribution is -0.137. The molecule has 2 aromatic carbocycles. The van der Waals surface area contributed by atoms with Crippen molar-refractivity contribution in [3.8, 4) is 22.8 Å². The summed E-state index contributed by atoms with van der Waals surface area (Å²) in [6, 6.07) is 10.7. The number of aromatic nitrogens is 1. The van der Waals surface area contributed by atoms with Crippen molar-refractivity contribution in [3.63, 3.8) is 0 Å². The highest BCUT2D eigenvalue weighted by atomic mass is 19.4. The minimum absolute atomic E-state index is 0.0302. The van der Waals surface area contributed by atoms with E-state index in [1.807, 2.05) is 0 Å². The maximum Gasteiger partial charge on any atom is 0.422 e. The van der Waals surface area contributed by atoms with Crippen molar-refractivity contribution in [1.29, 1.82) is 0 Å². The molecule has 122 valence electrons. The first-order valence-corrected chi connectivity index (χ1v) is 7.07. The molecule has 0 saturated heterocycles. The summed E-state index contributed by atoms with van der Waals surface area (Å²) in [4.78, 5) is 15.3. The lowest BCUT2D eigenvalue weighted by Gasteiger charge is -2.14. The van der Waals surface area contributed by atoms with Crippen molar-refractivity contribution < 1.29 is 22.6 Å². The van der Waals surface area contributed by atoms with E-state index in [2.05, 4.69) is 4.98 Å². The van der Waals surface area contributed by atoms with E-state index in [1.165, 1.54) is 24.3 Å². The zero-order valence-corrected chi connectivity index (χ0v) is 12.1. The van der Waals surface area contributed by atoms with Crippen LogP contribution in [0.25, 0.3) is 22.2 Å². The molecule has 1 aromatic heterocycles. The number of alkyl halides is 3. The van der Waals surface area contributed by atoms with Gasteiger partial charge in [0.2, 0.25) is 12.2 Å². The molecular formula is C17H10F3NO3. The second kappa shape index (κ2) is 5.02. The van der Waals surface area contributed by atoms with E-state index < -0.39 is 17.2 Å². The molecule has 3 aromatic rings. The molecule has 7 heteroatoms. The summed E-state index contributed by atoms with van der Waals surface area (Å²) < 4.78 is 50.9. The Labute approximate surface area is 133 Å². The minimum atomic E-state index is -4.79. The minimum Gasteiger partial charge on any atom is -0.454 e. The Bertz CT molecular complexity index is 994. The number of nitrogens with one attached hydrogen (secondary N) is 1. The third-order valence-corrected chi connectivity index (χ3v) is 3.84. The summed E-state index contributed by atoms with van der Waals surface area (Å²) in [7, 11) is 0. The van der Waals surface area contributed by atoms with Gasteiger partial charge in [0.25, 0.3) is 0 Å². The number of rotatable bonds is 1. The summed E-state index contributed by atoms with van der Waals surface area (Å²) in [5.41, 5.74) is -2.04. The average Bonchev–Trinajstić information content (AvgIpc) is 3.00. The van der Waals surface area contributed by atoms with Gasteiger partial charge in [-0.25, -0.2) is 0 Å². The summed E-state index contributed by atoms with van der Waals surface area (Å²) in [5.74, 6) is 0.644. The van der Waals surface area contributed by atoms with Gasteiger partial charge in [-0.05, 0) is 11.6 Å². The van der Waals surface area contributed by atoms with Crippen molar-refractivity contribution in [2.24, 2.45) is 0 Å². The molecule has 0 saturated carbocycles. The van der Waals surface area contributed by atoms with Crippen molar-refractivity contribution in [2.75, 3.05) is 6.79 Å². The number of hydrogen-bond donors (Lipinski definition) is 1. The van der Waals surface area contributed by atoms with Gasteiger partial charge in [-0.2, -0.15) is 13.2 Å². The van der Waals surface area contributed by atoms with E-state index in [0.29, 0.717) is 5.75 Å². The molecule has 0 bridgehead atoms. The molecule has 4 rings (SSSR count). The number of benzene rings is 2. The van der Waals surface area contributed by atoms with Gasteiger partial charge >= 0.3 is 6.18 Å². The van der Waals surface area contributed by atoms with Crippen LogP contribution in [0.5, 0.6) is 11.5 Å². The maximum absolute atomic E-state index is 13.5. The Balaban J connectivity index is 2.11. The van der Waals surface area contributed by atoms with E-state index >= 15 is 0 Å². The molecule has 1 aliphatic heterocycles. The fourth-order valence-corrected chi connectivity index (χ4v) is 2.77. The van der Waals surface area contributed by atoms with Gasteiger partial charge in [-0.1, -0.05) is 30.3 Å². The topological polar surface area (TPSA) is 51.3 Å². The normalized spacial score (nSPS) is 13.5. The van der Waals surface area contributed by atoms with Crippen LogP contribution >= 0.6 is 0 Å². The predicted molar refractivity (Wildman–Crippen MR) is 81.1 cm³/mol. The van der Waals surface area contributed by atoms with E-state index in [9.17, 15) is 18.0 Å². The highest BCUT2D eigenvalue weighted by Gasteiger charge is 2.38. The molecule has 0 spiro atoms. The summed E-state index contributed by atoms with van der Waals surface area (Å²) in [6.07, 6.45) is -4.79. The number of ether oxygens (including phenoxy) is 2. The lowest BCUT2D eigenvalue weighted by atomic mass is 10.0. The highest BCUT2D eigenvalue weighted by molar-refractivity contribution is 5.86. The molecule has 24 heavy (non-hydrogen) atoms. The highest BCUT2D eigenvalue weighted by Crippen LogP contribution is 2.38. The molecule has 0 unspecified atom stereocenters. The molecule has 0 fully saturated rings. The Morgan fingerprint density at radius 3 is 2.33 bits per heavy atom. The van der Waals surface area contributed by atoms with Gasteiger partial charge in [-0.3, -0.25) is 4.79 Å². The SMILES string of the molecule is O=c1c(C(F)(F)F)c(-c2ccccc2)[nH]c2cc3c(cc12)OCO3. The van der Waals surface area contributed by atoms with E-state index in [0.717, 1.165) is 0 Å². The first-order valence-electron chi connectivity index (χ1n) is 7.07. The van der Waals surface area contributed by atoms with Gasteiger partial charge in [0, 0.05) is 6.07 Å². The zero-order chi connectivity index (χ0) is 16.9. The molecule has 2 heterocycles. The van der Waals surface area contributed by atoms with Crippen LogP contribution in [0.2, 0.25) is 0 Å². The molecule has 1 aliphatic rings. The third-order valence-electron chi connectivity index (χ3n) is 3.84. The first kappa shape index (κ1) is 14.6. The van der Waals surface area contributed by atoms with Crippen molar-refractivity contribution in [3.05, 3.63) is 58.3 Å². The maximum atomic E-state index is 13.5. The van der Waals surface area contributed by atoms with E-state index in [1.54, 1.807) is 18.2 Å². The van der Waals surface area contributed by atoms with Crippen molar-refractivity contribution >= 4 is 10.9 Å². The second-order valence-corrected chi connectivity index (χ2v) is 5.32. The fourth-order valence-electron chi connectivity index (χ4n) is 2.77. The summed E-state index contributed by atoms with van der Waals surface area (Å²) in [5, 5.41) is -0.0914. The van der Waals surface area contributed by atoms with Crippen LogP contribution in [-0.2, 0) is 6.18 Å². The summed E-state index contributed by atoms with van der Waals surface area (Å²) >= 11 is 0. The first-order chi connectivity index (χ1) is 11.4. The average molecular weight is 333 g/mol. The number of fused-ring (bicyclic) bond motifs is 2. The van der Waals surface area contributed by atoms with Crippen LogP contribution in [0.3, 0.4) is 0 Å². The number of pyridine rings is 1. The fraction of sp³-hybridized carbons (Fsp3) is 0.118. The van der Waals surface area contributed by atoms with Crippen LogP contribution in [0.4, 0.5) is 13.2 Å². The molecule has 0 amide bonds. The molecule has 4 nitrogen and oxygen atoms in total. The number of aromatic amines is 1. The third kappa shape index (κ3) is 2.20.